The molecule has 0 amide bonds. The largest absolute Gasteiger partial charge is 0.384 e. The van der Waals surface area contributed by atoms with Crippen molar-refractivity contribution in [3.8, 4) is 0 Å². The van der Waals surface area contributed by atoms with Gasteiger partial charge in [-0.15, -0.1) is 6.58 Å². The zero-order valence-corrected chi connectivity index (χ0v) is 10.1. The summed E-state index contributed by atoms with van der Waals surface area (Å²) in [5.74, 6) is -0.683. The maximum absolute atomic E-state index is 10.6. The van der Waals surface area contributed by atoms with Crippen LogP contribution in [0.2, 0.25) is 0 Å². The van der Waals surface area contributed by atoms with Crippen LogP contribution in [0.5, 0.6) is 0 Å². The van der Waals surface area contributed by atoms with Crippen molar-refractivity contribution in [3.05, 3.63) is 12.7 Å². The standard InChI is InChI=1S/C12H20O4/c1-5-6-7-12(13)8(2)14-10-9(12)15-11(3,4)16-10/h5,8-10,13H,1,6-7H2,2-4H3/t8-,9+,10-,12-/m1/s1. The van der Waals surface area contributed by atoms with E-state index >= 15 is 0 Å². The average Bonchev–Trinajstić information content (AvgIpc) is 2.59. The smallest absolute Gasteiger partial charge is 0.190 e. The lowest BCUT2D eigenvalue weighted by molar-refractivity contribution is -0.227. The summed E-state index contributed by atoms with van der Waals surface area (Å²) >= 11 is 0. The van der Waals surface area contributed by atoms with Crippen molar-refractivity contribution < 1.29 is 19.3 Å². The molecule has 2 aliphatic heterocycles. The quantitative estimate of drug-likeness (QED) is 0.745. The Labute approximate surface area is 96.2 Å². The minimum Gasteiger partial charge on any atom is -0.384 e. The predicted octanol–water partition coefficient (Wildman–Crippen LogP) is 1.58. The second-order valence-electron chi connectivity index (χ2n) is 5.02. The molecule has 2 saturated heterocycles. The topological polar surface area (TPSA) is 47.9 Å². The van der Waals surface area contributed by atoms with Crippen LogP contribution in [0.25, 0.3) is 0 Å². The summed E-state index contributed by atoms with van der Waals surface area (Å²) in [6.45, 7) is 9.17. The van der Waals surface area contributed by atoms with E-state index in [-0.39, 0.29) is 6.10 Å². The SMILES string of the molecule is C=CCC[C@@]1(O)[C@@H](C)O[C@@H]2OC(C)(C)O[C@@H]21. The first-order chi connectivity index (χ1) is 7.39. The van der Waals surface area contributed by atoms with Crippen molar-refractivity contribution in [2.24, 2.45) is 0 Å². The molecule has 0 radical (unpaired) electrons. The fraction of sp³-hybridized carbons (Fsp3) is 0.833. The number of aliphatic hydroxyl groups is 1. The first-order valence-electron chi connectivity index (χ1n) is 5.73. The molecule has 0 saturated carbocycles. The molecule has 1 N–H and O–H groups in total. The van der Waals surface area contributed by atoms with Crippen LogP contribution in [0.15, 0.2) is 12.7 Å². The van der Waals surface area contributed by atoms with E-state index in [4.69, 9.17) is 14.2 Å². The van der Waals surface area contributed by atoms with Crippen molar-refractivity contribution in [2.45, 2.75) is 63.5 Å². The Morgan fingerprint density at radius 2 is 2.06 bits per heavy atom. The Morgan fingerprint density at radius 1 is 1.38 bits per heavy atom. The Hall–Kier alpha value is -0.420. The highest BCUT2D eigenvalue weighted by molar-refractivity contribution is 5.04. The lowest BCUT2D eigenvalue weighted by Gasteiger charge is -2.31. The van der Waals surface area contributed by atoms with E-state index in [9.17, 15) is 5.11 Å². The van der Waals surface area contributed by atoms with Crippen LogP contribution in [0.1, 0.15) is 33.6 Å². The molecule has 2 rings (SSSR count). The fourth-order valence-electron chi connectivity index (χ4n) is 2.40. The van der Waals surface area contributed by atoms with Crippen molar-refractivity contribution in [2.75, 3.05) is 0 Å². The van der Waals surface area contributed by atoms with Crippen molar-refractivity contribution in [1.82, 2.24) is 0 Å². The molecule has 0 aliphatic carbocycles. The van der Waals surface area contributed by atoms with Gasteiger partial charge in [-0.2, -0.15) is 0 Å². The molecule has 0 aromatic carbocycles. The van der Waals surface area contributed by atoms with Gasteiger partial charge in [-0.3, -0.25) is 0 Å². The summed E-state index contributed by atoms with van der Waals surface area (Å²) in [6.07, 6.45) is 1.96. The van der Waals surface area contributed by atoms with Crippen LogP contribution in [-0.4, -0.2) is 35.0 Å². The van der Waals surface area contributed by atoms with Crippen LogP contribution in [-0.2, 0) is 14.2 Å². The monoisotopic (exact) mass is 228 g/mol. The number of fused-ring (bicyclic) bond motifs is 1. The summed E-state index contributed by atoms with van der Waals surface area (Å²) in [6, 6.07) is 0. The zero-order chi connectivity index (χ0) is 12.0. The van der Waals surface area contributed by atoms with E-state index in [2.05, 4.69) is 6.58 Å². The number of allylic oxidation sites excluding steroid dienone is 1. The van der Waals surface area contributed by atoms with Gasteiger partial charge in [0.1, 0.15) is 11.7 Å². The third kappa shape index (κ3) is 1.80. The van der Waals surface area contributed by atoms with Crippen LogP contribution in [0.3, 0.4) is 0 Å². The first kappa shape index (κ1) is 12.0. The molecular formula is C12H20O4. The van der Waals surface area contributed by atoms with E-state index in [1.165, 1.54) is 0 Å². The molecule has 0 unspecified atom stereocenters. The van der Waals surface area contributed by atoms with Gasteiger partial charge in [0.05, 0.1) is 6.10 Å². The van der Waals surface area contributed by atoms with E-state index in [1.807, 2.05) is 20.8 Å². The molecule has 0 aromatic heterocycles. The van der Waals surface area contributed by atoms with Gasteiger partial charge in [0.15, 0.2) is 12.1 Å². The maximum atomic E-state index is 10.6. The lowest BCUT2D eigenvalue weighted by atomic mass is 9.88. The molecule has 0 aromatic rings. The summed E-state index contributed by atoms with van der Waals surface area (Å²) in [4.78, 5) is 0. The molecule has 0 spiro atoms. The molecule has 16 heavy (non-hydrogen) atoms. The summed E-state index contributed by atoms with van der Waals surface area (Å²) < 4.78 is 16.9. The van der Waals surface area contributed by atoms with E-state index in [0.717, 1.165) is 6.42 Å². The Morgan fingerprint density at radius 3 is 2.69 bits per heavy atom. The maximum Gasteiger partial charge on any atom is 0.190 e. The van der Waals surface area contributed by atoms with Crippen LogP contribution >= 0.6 is 0 Å². The average molecular weight is 228 g/mol. The highest BCUT2D eigenvalue weighted by atomic mass is 16.8. The van der Waals surface area contributed by atoms with Gasteiger partial charge < -0.3 is 19.3 Å². The lowest BCUT2D eigenvalue weighted by Crippen LogP contribution is -2.47. The zero-order valence-electron chi connectivity index (χ0n) is 10.1. The third-order valence-electron chi connectivity index (χ3n) is 3.34. The Balaban J connectivity index is 2.15. The van der Waals surface area contributed by atoms with Crippen LogP contribution in [0.4, 0.5) is 0 Å². The summed E-state index contributed by atoms with van der Waals surface area (Å²) in [5.41, 5.74) is -0.980. The van der Waals surface area contributed by atoms with Crippen LogP contribution in [0, 0.1) is 0 Å². The number of hydrogen-bond donors (Lipinski definition) is 1. The molecule has 2 fully saturated rings. The van der Waals surface area contributed by atoms with Crippen molar-refractivity contribution in [1.29, 1.82) is 0 Å². The molecule has 4 atom stereocenters. The molecule has 4 heteroatoms. The second-order valence-corrected chi connectivity index (χ2v) is 5.02. The number of ether oxygens (including phenoxy) is 3. The summed E-state index contributed by atoms with van der Waals surface area (Å²) in [7, 11) is 0. The second kappa shape index (κ2) is 3.81. The Bertz CT molecular complexity index is 289. The predicted molar refractivity (Wildman–Crippen MR) is 58.8 cm³/mol. The normalized spacial score (nSPS) is 45.6. The molecular weight excluding hydrogens is 208 g/mol. The minimum atomic E-state index is -0.980. The van der Waals surface area contributed by atoms with Crippen LogP contribution < -0.4 is 0 Å². The molecule has 0 bridgehead atoms. The van der Waals surface area contributed by atoms with Gasteiger partial charge in [0.2, 0.25) is 0 Å². The highest BCUT2D eigenvalue weighted by Gasteiger charge is 2.61. The van der Waals surface area contributed by atoms with Gasteiger partial charge in [0.25, 0.3) is 0 Å². The molecule has 4 nitrogen and oxygen atoms in total. The Kier molecular flexibility index (Phi) is 2.87. The van der Waals surface area contributed by atoms with Gasteiger partial charge in [0, 0.05) is 0 Å². The van der Waals surface area contributed by atoms with Gasteiger partial charge in [-0.25, -0.2) is 0 Å². The van der Waals surface area contributed by atoms with Crippen molar-refractivity contribution >= 4 is 0 Å². The highest BCUT2D eigenvalue weighted by Crippen LogP contribution is 2.44. The van der Waals surface area contributed by atoms with Gasteiger partial charge >= 0.3 is 0 Å². The number of rotatable bonds is 3. The fourth-order valence-corrected chi connectivity index (χ4v) is 2.40. The number of hydrogen-bond acceptors (Lipinski definition) is 4. The van der Waals surface area contributed by atoms with Crippen molar-refractivity contribution in [3.63, 3.8) is 0 Å². The van der Waals surface area contributed by atoms with E-state index in [1.54, 1.807) is 6.08 Å². The van der Waals surface area contributed by atoms with Gasteiger partial charge in [-0.1, -0.05) is 6.08 Å². The van der Waals surface area contributed by atoms with E-state index < -0.39 is 23.8 Å². The molecule has 2 aliphatic rings. The third-order valence-corrected chi connectivity index (χ3v) is 3.34. The summed E-state index contributed by atoms with van der Waals surface area (Å²) in [5, 5.41) is 10.6. The minimum absolute atomic E-state index is 0.279. The van der Waals surface area contributed by atoms with E-state index in [0.29, 0.717) is 6.42 Å². The molecule has 2 heterocycles. The molecule has 92 valence electrons. The van der Waals surface area contributed by atoms with Gasteiger partial charge in [-0.05, 0) is 33.6 Å². The first-order valence-corrected chi connectivity index (χ1v) is 5.73.